The molecule has 31 heavy (non-hydrogen) atoms. The van der Waals surface area contributed by atoms with E-state index in [2.05, 4.69) is 0 Å². The van der Waals surface area contributed by atoms with E-state index in [-0.39, 0.29) is 5.97 Å². The van der Waals surface area contributed by atoms with Gasteiger partial charge in [0.15, 0.2) is 6.10 Å². The van der Waals surface area contributed by atoms with Gasteiger partial charge in [0.05, 0.1) is 12.3 Å². The Morgan fingerprint density at radius 2 is 1.52 bits per heavy atom. The fraction of sp³-hybridized carbons (Fsp3) is 0.240. The second-order valence-corrected chi connectivity index (χ2v) is 7.23. The highest BCUT2D eigenvalue weighted by Gasteiger charge is 2.16. The number of hydrogen-bond acceptors (Lipinski definition) is 6. The van der Waals surface area contributed by atoms with Crippen LogP contribution in [0.5, 0.6) is 17.2 Å². The maximum Gasteiger partial charge on any atom is 0.347 e. The van der Waals surface area contributed by atoms with Gasteiger partial charge >= 0.3 is 5.97 Å². The molecule has 0 aromatic heterocycles. The number of anilines is 2. The van der Waals surface area contributed by atoms with Crippen molar-refractivity contribution >= 4 is 17.3 Å². The molecule has 0 fully saturated rings. The van der Waals surface area contributed by atoms with Gasteiger partial charge in [-0.3, -0.25) is 0 Å². The second-order valence-electron chi connectivity index (χ2n) is 7.23. The van der Waals surface area contributed by atoms with E-state index in [1.165, 1.54) is 0 Å². The van der Waals surface area contributed by atoms with Crippen molar-refractivity contribution < 1.29 is 19.0 Å². The minimum atomic E-state index is -0.653. The normalized spacial score (nSPS) is 11.5. The second kappa shape index (κ2) is 10.4. The Morgan fingerprint density at radius 1 is 0.903 bits per heavy atom. The summed E-state index contributed by atoms with van der Waals surface area (Å²) in [6.07, 6.45) is 1.18. The standard InChI is InChI=1S/C25H28N2O4/c1-3-4-15-29-25(28)17(2)30-21-10-5-18(6-11-21)19-7-12-22(13-8-19)31-24-14-9-20(26)16-23(24)27/h5-14,16-17H,3-4,15,26-27H2,1-2H3/t17-/m1/s1. The summed E-state index contributed by atoms with van der Waals surface area (Å²) < 4.78 is 16.7. The molecule has 0 bridgehead atoms. The van der Waals surface area contributed by atoms with Crippen LogP contribution in [0.15, 0.2) is 66.7 Å². The van der Waals surface area contributed by atoms with Crippen molar-refractivity contribution in [1.82, 2.24) is 0 Å². The van der Waals surface area contributed by atoms with E-state index in [0.717, 1.165) is 24.0 Å². The summed E-state index contributed by atoms with van der Waals surface area (Å²) in [6, 6.07) is 20.4. The number of hydrogen-bond donors (Lipinski definition) is 2. The minimum Gasteiger partial charge on any atom is -0.479 e. The molecule has 162 valence electrons. The van der Waals surface area contributed by atoms with Crippen LogP contribution in [0.3, 0.4) is 0 Å². The number of ether oxygens (including phenoxy) is 3. The SMILES string of the molecule is CCCCOC(=O)[C@@H](C)Oc1ccc(-c2ccc(Oc3ccc(N)cc3N)cc2)cc1. The third-order valence-electron chi connectivity index (χ3n) is 4.69. The van der Waals surface area contributed by atoms with Gasteiger partial charge in [0.25, 0.3) is 0 Å². The van der Waals surface area contributed by atoms with Gasteiger partial charge in [0.2, 0.25) is 0 Å². The van der Waals surface area contributed by atoms with E-state index in [1.54, 1.807) is 25.1 Å². The molecule has 0 saturated carbocycles. The molecule has 4 N–H and O–H groups in total. The average molecular weight is 421 g/mol. The average Bonchev–Trinajstić information content (AvgIpc) is 2.77. The van der Waals surface area contributed by atoms with Crippen LogP contribution in [-0.4, -0.2) is 18.7 Å². The molecule has 0 aliphatic carbocycles. The molecule has 3 aromatic carbocycles. The van der Waals surface area contributed by atoms with Crippen LogP contribution in [0.25, 0.3) is 11.1 Å². The minimum absolute atomic E-state index is 0.352. The zero-order valence-electron chi connectivity index (χ0n) is 17.8. The summed E-state index contributed by atoms with van der Waals surface area (Å²) in [5.41, 5.74) is 14.8. The van der Waals surface area contributed by atoms with Crippen molar-refractivity contribution in [2.24, 2.45) is 0 Å². The van der Waals surface area contributed by atoms with E-state index in [9.17, 15) is 4.79 Å². The molecule has 0 radical (unpaired) electrons. The van der Waals surface area contributed by atoms with E-state index >= 15 is 0 Å². The Kier molecular flexibility index (Phi) is 7.38. The molecule has 6 heteroatoms. The number of nitrogen functional groups attached to an aromatic ring is 2. The Balaban J connectivity index is 1.60. The summed E-state index contributed by atoms with van der Waals surface area (Å²) in [6.45, 7) is 4.16. The van der Waals surface area contributed by atoms with Crippen molar-refractivity contribution in [2.75, 3.05) is 18.1 Å². The monoisotopic (exact) mass is 420 g/mol. The highest BCUT2D eigenvalue weighted by Crippen LogP contribution is 2.31. The molecule has 0 unspecified atom stereocenters. The summed E-state index contributed by atoms with van der Waals surface area (Å²) in [7, 11) is 0. The van der Waals surface area contributed by atoms with Gasteiger partial charge in [-0.25, -0.2) is 4.79 Å². The predicted octanol–water partition coefficient (Wildman–Crippen LogP) is 5.42. The van der Waals surface area contributed by atoms with Crippen LogP contribution in [0, 0.1) is 0 Å². The van der Waals surface area contributed by atoms with Crippen LogP contribution >= 0.6 is 0 Å². The highest BCUT2D eigenvalue weighted by atomic mass is 16.6. The van der Waals surface area contributed by atoms with E-state index in [0.29, 0.717) is 35.2 Å². The van der Waals surface area contributed by atoms with Crippen molar-refractivity contribution in [1.29, 1.82) is 0 Å². The number of carbonyl (C=O) groups excluding carboxylic acids is 1. The molecular formula is C25H28N2O4. The summed E-state index contributed by atoms with van der Waals surface area (Å²) in [4.78, 5) is 11.9. The maximum atomic E-state index is 11.9. The predicted molar refractivity (Wildman–Crippen MR) is 123 cm³/mol. The summed E-state index contributed by atoms with van der Waals surface area (Å²) >= 11 is 0. The molecule has 0 aliphatic heterocycles. The smallest absolute Gasteiger partial charge is 0.347 e. The Hall–Kier alpha value is -3.67. The fourth-order valence-electron chi connectivity index (χ4n) is 2.91. The Morgan fingerprint density at radius 3 is 2.10 bits per heavy atom. The van der Waals surface area contributed by atoms with Crippen LogP contribution in [0.2, 0.25) is 0 Å². The van der Waals surface area contributed by atoms with Crippen LogP contribution in [0.4, 0.5) is 11.4 Å². The van der Waals surface area contributed by atoms with Gasteiger partial charge in [-0.2, -0.15) is 0 Å². The van der Waals surface area contributed by atoms with Crippen molar-refractivity contribution in [2.45, 2.75) is 32.8 Å². The zero-order chi connectivity index (χ0) is 22.2. The molecule has 0 amide bonds. The molecule has 6 nitrogen and oxygen atoms in total. The number of esters is 1. The molecule has 0 aliphatic rings. The van der Waals surface area contributed by atoms with Gasteiger partial charge in [-0.1, -0.05) is 37.6 Å². The quantitative estimate of drug-likeness (QED) is 0.272. The molecule has 1 atom stereocenters. The van der Waals surface area contributed by atoms with Crippen LogP contribution < -0.4 is 20.9 Å². The third kappa shape index (κ3) is 6.15. The first-order chi connectivity index (χ1) is 15.0. The van der Waals surface area contributed by atoms with Gasteiger partial charge in [0.1, 0.15) is 17.2 Å². The number of benzene rings is 3. The largest absolute Gasteiger partial charge is 0.479 e. The Bertz CT molecular complexity index is 1000. The summed E-state index contributed by atoms with van der Waals surface area (Å²) in [5.74, 6) is 1.50. The first kappa shape index (κ1) is 22.0. The molecule has 0 saturated heterocycles. The van der Waals surface area contributed by atoms with Gasteiger partial charge in [0, 0.05) is 5.69 Å². The van der Waals surface area contributed by atoms with Gasteiger partial charge < -0.3 is 25.7 Å². The number of nitrogens with two attached hydrogens (primary N) is 2. The number of unbranched alkanes of at least 4 members (excludes halogenated alkanes) is 1. The highest BCUT2D eigenvalue weighted by molar-refractivity contribution is 5.74. The van der Waals surface area contributed by atoms with E-state index in [4.69, 9.17) is 25.7 Å². The lowest BCUT2D eigenvalue weighted by molar-refractivity contribution is -0.151. The summed E-state index contributed by atoms with van der Waals surface area (Å²) in [5, 5.41) is 0. The van der Waals surface area contributed by atoms with Crippen LogP contribution in [-0.2, 0) is 9.53 Å². The topological polar surface area (TPSA) is 96.8 Å². The molecule has 0 heterocycles. The molecule has 0 spiro atoms. The zero-order valence-corrected chi connectivity index (χ0v) is 17.8. The van der Waals surface area contributed by atoms with Crippen molar-refractivity contribution in [3.63, 3.8) is 0 Å². The fourth-order valence-corrected chi connectivity index (χ4v) is 2.91. The van der Waals surface area contributed by atoms with E-state index in [1.807, 2.05) is 55.5 Å². The van der Waals surface area contributed by atoms with Gasteiger partial charge in [-0.15, -0.1) is 0 Å². The maximum absolute atomic E-state index is 11.9. The first-order valence-corrected chi connectivity index (χ1v) is 10.3. The van der Waals surface area contributed by atoms with Crippen LogP contribution in [0.1, 0.15) is 26.7 Å². The molecule has 3 rings (SSSR count). The lowest BCUT2D eigenvalue weighted by Crippen LogP contribution is -2.26. The number of carbonyl (C=O) groups is 1. The lowest BCUT2D eigenvalue weighted by atomic mass is 10.1. The molecule has 3 aromatic rings. The third-order valence-corrected chi connectivity index (χ3v) is 4.69. The van der Waals surface area contributed by atoms with Crippen molar-refractivity contribution in [3.8, 4) is 28.4 Å². The lowest BCUT2D eigenvalue weighted by Gasteiger charge is -2.14. The van der Waals surface area contributed by atoms with E-state index < -0.39 is 6.10 Å². The van der Waals surface area contributed by atoms with Gasteiger partial charge in [-0.05, 0) is 66.9 Å². The number of rotatable bonds is 9. The first-order valence-electron chi connectivity index (χ1n) is 10.3. The Labute approximate surface area is 182 Å². The molecular weight excluding hydrogens is 392 g/mol. The van der Waals surface area contributed by atoms with Crippen molar-refractivity contribution in [3.05, 3.63) is 66.7 Å².